The summed E-state index contributed by atoms with van der Waals surface area (Å²) in [6, 6.07) is 7.90. The highest BCUT2D eigenvalue weighted by molar-refractivity contribution is 7.89. The number of ether oxygens (including phenoxy) is 1. The molecule has 2 aromatic carbocycles. The molecule has 0 radical (unpaired) electrons. The summed E-state index contributed by atoms with van der Waals surface area (Å²) >= 11 is 0. The maximum absolute atomic E-state index is 12.1. The first-order valence-electron chi connectivity index (χ1n) is 8.58. The van der Waals surface area contributed by atoms with E-state index in [4.69, 9.17) is 9.88 Å². The average molecular weight is 390 g/mol. The summed E-state index contributed by atoms with van der Waals surface area (Å²) in [4.78, 5) is 11.1. The van der Waals surface area contributed by atoms with E-state index in [1.807, 2.05) is 26.0 Å². The summed E-state index contributed by atoms with van der Waals surface area (Å²) < 4.78 is 30.2. The van der Waals surface area contributed by atoms with Crippen molar-refractivity contribution >= 4 is 21.7 Å². The molecule has 1 fully saturated rings. The van der Waals surface area contributed by atoms with Crippen molar-refractivity contribution in [2.45, 2.75) is 31.6 Å². The lowest BCUT2D eigenvalue weighted by molar-refractivity contribution is 0.0696. The molecule has 0 atom stereocenters. The van der Waals surface area contributed by atoms with Crippen LogP contribution in [0.4, 0.5) is 5.69 Å². The Balaban J connectivity index is 2.13. The Morgan fingerprint density at radius 3 is 2.52 bits per heavy atom. The number of sulfonamides is 1. The Kier molecular flexibility index (Phi) is 5.12. The minimum absolute atomic E-state index is 0.00935. The predicted molar refractivity (Wildman–Crippen MR) is 102 cm³/mol. The van der Waals surface area contributed by atoms with Gasteiger partial charge in [0.15, 0.2) is 5.75 Å². The van der Waals surface area contributed by atoms with E-state index in [2.05, 4.69) is 5.32 Å². The van der Waals surface area contributed by atoms with Crippen LogP contribution >= 0.6 is 0 Å². The van der Waals surface area contributed by atoms with E-state index in [9.17, 15) is 18.3 Å². The third-order valence-electron chi connectivity index (χ3n) is 4.43. The molecule has 144 valence electrons. The molecule has 8 heteroatoms. The molecule has 1 aliphatic rings. The Hall–Kier alpha value is -2.58. The summed E-state index contributed by atoms with van der Waals surface area (Å²) in [5.41, 5.74) is 1.99. The molecular weight excluding hydrogens is 368 g/mol. The lowest BCUT2D eigenvalue weighted by Gasteiger charge is -2.18. The lowest BCUT2D eigenvalue weighted by Crippen LogP contribution is -2.16. The summed E-state index contributed by atoms with van der Waals surface area (Å²) in [5, 5.41) is 17.8. The van der Waals surface area contributed by atoms with E-state index >= 15 is 0 Å². The smallest absolute Gasteiger partial charge is 0.335 e. The van der Waals surface area contributed by atoms with Crippen LogP contribution in [0, 0.1) is 19.8 Å². The molecule has 0 aromatic heterocycles. The van der Waals surface area contributed by atoms with Gasteiger partial charge in [-0.2, -0.15) is 0 Å². The maximum Gasteiger partial charge on any atom is 0.335 e. The van der Waals surface area contributed by atoms with Gasteiger partial charge in [0.2, 0.25) is 10.0 Å². The number of aromatic carboxylic acids is 1. The van der Waals surface area contributed by atoms with Gasteiger partial charge >= 0.3 is 5.97 Å². The Bertz CT molecular complexity index is 997. The van der Waals surface area contributed by atoms with Gasteiger partial charge in [-0.15, -0.1) is 0 Å². The molecule has 4 N–H and O–H groups in total. The molecule has 0 amide bonds. The number of primary sulfonamides is 1. The molecular formula is C19H22N2O5S. The molecule has 0 unspecified atom stereocenters. The number of carbonyl (C=O) groups is 1. The molecule has 3 rings (SSSR count). The Morgan fingerprint density at radius 2 is 1.96 bits per heavy atom. The summed E-state index contributed by atoms with van der Waals surface area (Å²) in [7, 11) is -4.20. The highest BCUT2D eigenvalue weighted by atomic mass is 32.2. The van der Waals surface area contributed by atoms with Crippen LogP contribution in [0.3, 0.4) is 0 Å². The van der Waals surface area contributed by atoms with Gasteiger partial charge in [0.05, 0.1) is 11.3 Å². The van der Waals surface area contributed by atoms with E-state index in [0.717, 1.165) is 30.0 Å². The number of carboxylic acid groups (broad SMARTS) is 1. The van der Waals surface area contributed by atoms with Crippen LogP contribution in [0.25, 0.3) is 0 Å². The van der Waals surface area contributed by atoms with Crippen molar-refractivity contribution in [3.05, 3.63) is 47.0 Å². The van der Waals surface area contributed by atoms with E-state index in [-0.39, 0.29) is 16.2 Å². The van der Waals surface area contributed by atoms with E-state index in [0.29, 0.717) is 23.9 Å². The molecule has 1 aliphatic carbocycles. The number of nitrogens with two attached hydrogens (primary N) is 1. The fourth-order valence-corrected chi connectivity index (χ4v) is 3.47. The van der Waals surface area contributed by atoms with Gasteiger partial charge in [-0.3, -0.25) is 0 Å². The normalized spacial score (nSPS) is 14.0. The Labute approximate surface area is 158 Å². The number of anilines is 1. The zero-order valence-electron chi connectivity index (χ0n) is 15.2. The van der Waals surface area contributed by atoms with Crippen LogP contribution in [-0.4, -0.2) is 26.0 Å². The Morgan fingerprint density at radius 1 is 1.26 bits per heavy atom. The fourth-order valence-electron chi connectivity index (χ4n) is 2.77. The first-order valence-corrected chi connectivity index (χ1v) is 10.1. The maximum atomic E-state index is 12.1. The van der Waals surface area contributed by atoms with Crippen molar-refractivity contribution in [3.8, 4) is 11.5 Å². The largest absolute Gasteiger partial charge is 0.478 e. The number of benzene rings is 2. The van der Waals surface area contributed by atoms with Gasteiger partial charge < -0.3 is 15.2 Å². The van der Waals surface area contributed by atoms with Gasteiger partial charge in [0.1, 0.15) is 10.6 Å². The molecule has 1 saturated carbocycles. The third-order valence-corrected chi connectivity index (χ3v) is 5.35. The van der Waals surface area contributed by atoms with Crippen LogP contribution in [0.2, 0.25) is 0 Å². The van der Waals surface area contributed by atoms with Crippen molar-refractivity contribution < 1.29 is 23.1 Å². The zero-order valence-corrected chi connectivity index (χ0v) is 16.0. The van der Waals surface area contributed by atoms with E-state index < -0.39 is 16.0 Å². The second kappa shape index (κ2) is 7.21. The van der Waals surface area contributed by atoms with Crippen molar-refractivity contribution in [2.24, 2.45) is 11.1 Å². The second-order valence-corrected chi connectivity index (χ2v) is 8.43. The minimum Gasteiger partial charge on any atom is -0.478 e. The molecule has 2 aromatic rings. The number of aryl methyl sites for hydroxylation is 2. The molecule has 0 spiro atoms. The number of nitrogens with one attached hydrogen (secondary N) is 1. The molecule has 0 aliphatic heterocycles. The zero-order chi connectivity index (χ0) is 19.8. The van der Waals surface area contributed by atoms with Crippen LogP contribution in [-0.2, 0) is 10.0 Å². The first kappa shape index (κ1) is 19.2. The van der Waals surface area contributed by atoms with Crippen LogP contribution < -0.4 is 15.2 Å². The quantitative estimate of drug-likeness (QED) is 0.668. The summed E-state index contributed by atoms with van der Waals surface area (Å²) in [5.74, 6) is -0.268. The van der Waals surface area contributed by atoms with Crippen LogP contribution in [0.15, 0.2) is 35.2 Å². The fraction of sp³-hybridized carbons (Fsp3) is 0.316. The molecule has 0 saturated heterocycles. The average Bonchev–Trinajstić information content (AvgIpc) is 3.39. The van der Waals surface area contributed by atoms with Crippen molar-refractivity contribution in [3.63, 3.8) is 0 Å². The summed E-state index contributed by atoms with van der Waals surface area (Å²) in [6.07, 6.45) is 2.17. The monoisotopic (exact) mass is 390 g/mol. The molecule has 7 nitrogen and oxygen atoms in total. The van der Waals surface area contributed by atoms with E-state index in [1.165, 1.54) is 6.07 Å². The van der Waals surface area contributed by atoms with Gasteiger partial charge in [-0.05, 0) is 56.4 Å². The lowest BCUT2D eigenvalue weighted by atomic mass is 10.1. The highest BCUT2D eigenvalue weighted by Crippen LogP contribution is 2.39. The van der Waals surface area contributed by atoms with Crippen molar-refractivity contribution in [1.82, 2.24) is 0 Å². The SMILES string of the molecule is Cc1ccc(Oc2c(NCC3CC3)cc(C(=O)O)cc2S(N)(=O)=O)c(C)c1. The van der Waals surface area contributed by atoms with Crippen LogP contribution in [0.5, 0.6) is 11.5 Å². The van der Waals surface area contributed by atoms with E-state index in [1.54, 1.807) is 6.07 Å². The molecule has 27 heavy (non-hydrogen) atoms. The third kappa shape index (κ3) is 4.58. The second-order valence-electron chi connectivity index (χ2n) is 6.90. The van der Waals surface area contributed by atoms with Gasteiger partial charge in [-0.25, -0.2) is 18.4 Å². The van der Waals surface area contributed by atoms with Gasteiger partial charge in [0.25, 0.3) is 0 Å². The van der Waals surface area contributed by atoms with Crippen molar-refractivity contribution in [1.29, 1.82) is 0 Å². The minimum atomic E-state index is -4.20. The highest BCUT2D eigenvalue weighted by Gasteiger charge is 2.26. The summed E-state index contributed by atoms with van der Waals surface area (Å²) in [6.45, 7) is 4.40. The first-order chi connectivity index (χ1) is 12.6. The van der Waals surface area contributed by atoms with Crippen molar-refractivity contribution in [2.75, 3.05) is 11.9 Å². The number of rotatable bonds is 7. The van der Waals surface area contributed by atoms with Gasteiger partial charge in [0, 0.05) is 6.54 Å². The topological polar surface area (TPSA) is 119 Å². The number of hydrogen-bond acceptors (Lipinski definition) is 5. The molecule has 0 heterocycles. The van der Waals surface area contributed by atoms with Crippen LogP contribution in [0.1, 0.15) is 34.3 Å². The number of carboxylic acids is 1. The van der Waals surface area contributed by atoms with Gasteiger partial charge in [-0.1, -0.05) is 17.7 Å². The number of hydrogen-bond donors (Lipinski definition) is 3. The standard InChI is InChI=1S/C19H22N2O5S/c1-11-3-6-16(12(2)7-11)26-18-15(21-10-13-4-5-13)8-14(19(22)23)9-17(18)27(20,24)25/h3,6-9,13,21H,4-5,10H2,1-2H3,(H,22,23)(H2,20,24,25). The predicted octanol–water partition coefficient (Wildman–Crippen LogP) is 3.26. The molecule has 0 bridgehead atoms.